The van der Waals surface area contributed by atoms with Gasteiger partial charge in [-0.05, 0) is 19.1 Å². The van der Waals surface area contributed by atoms with Crippen LogP contribution < -0.4 is 15.8 Å². The lowest BCUT2D eigenvalue weighted by Gasteiger charge is -2.11. The zero-order valence-electron chi connectivity index (χ0n) is 12.7. The van der Waals surface area contributed by atoms with Crippen molar-refractivity contribution in [2.45, 2.75) is 18.3 Å². The predicted molar refractivity (Wildman–Crippen MR) is 82.7 cm³/mol. The Balaban J connectivity index is 1.87. The van der Waals surface area contributed by atoms with Gasteiger partial charge in [-0.3, -0.25) is 9.59 Å². The molecule has 1 atom stereocenters. The van der Waals surface area contributed by atoms with Crippen LogP contribution in [0.5, 0.6) is 5.75 Å². The number of thioether (sulfide) groups is 1. The minimum atomic E-state index is -0.660. The van der Waals surface area contributed by atoms with Crippen molar-refractivity contribution in [1.29, 1.82) is 0 Å². The minimum Gasteiger partial charge on any atom is -0.478 e. The summed E-state index contributed by atoms with van der Waals surface area (Å²) in [6.07, 6.45) is -0.660. The number of rotatable bonds is 8. The topological polar surface area (TPSA) is 120 Å². The van der Waals surface area contributed by atoms with Crippen LogP contribution in [0.25, 0.3) is 0 Å². The first-order valence-corrected chi connectivity index (χ1v) is 7.86. The first kappa shape index (κ1) is 17.7. The van der Waals surface area contributed by atoms with Gasteiger partial charge in [0.1, 0.15) is 0 Å². The third-order valence-electron chi connectivity index (χ3n) is 2.70. The fourth-order valence-corrected chi connectivity index (χ4v) is 2.19. The SMILES string of the molecule is C[C@H](Oc1ccccc1F)c1nnc(SCC(=O)NCC(N)=O)o1. The third-order valence-corrected chi connectivity index (χ3v) is 3.52. The maximum atomic E-state index is 13.5. The molecule has 8 nitrogen and oxygen atoms in total. The Kier molecular flexibility index (Phi) is 6.13. The molecule has 24 heavy (non-hydrogen) atoms. The van der Waals surface area contributed by atoms with Crippen molar-refractivity contribution in [2.75, 3.05) is 12.3 Å². The lowest BCUT2D eigenvalue weighted by atomic mass is 10.3. The van der Waals surface area contributed by atoms with Crippen molar-refractivity contribution in [3.05, 3.63) is 36.0 Å². The molecule has 0 fully saturated rings. The molecule has 0 aliphatic rings. The van der Waals surface area contributed by atoms with E-state index in [0.717, 1.165) is 11.8 Å². The van der Waals surface area contributed by atoms with Gasteiger partial charge in [0.15, 0.2) is 17.7 Å². The summed E-state index contributed by atoms with van der Waals surface area (Å²) < 4.78 is 24.3. The summed E-state index contributed by atoms with van der Waals surface area (Å²) in [4.78, 5) is 22.0. The first-order chi connectivity index (χ1) is 11.5. The molecule has 10 heteroatoms. The fraction of sp³-hybridized carbons (Fsp3) is 0.286. The Bertz CT molecular complexity index is 724. The van der Waals surface area contributed by atoms with E-state index in [4.69, 9.17) is 14.9 Å². The molecule has 3 N–H and O–H groups in total. The standard InChI is InChI=1S/C14H15FN4O4S/c1-8(22-10-5-3-2-4-9(10)15)13-18-19-14(23-13)24-7-12(21)17-6-11(16)20/h2-5,8H,6-7H2,1H3,(H2,16,20)(H,17,21)/t8-/m0/s1. The number of benzene rings is 1. The highest BCUT2D eigenvalue weighted by Crippen LogP contribution is 2.25. The van der Waals surface area contributed by atoms with Gasteiger partial charge in [-0.15, -0.1) is 10.2 Å². The summed E-state index contributed by atoms with van der Waals surface area (Å²) in [5.41, 5.74) is 4.92. The number of halogens is 1. The monoisotopic (exact) mass is 354 g/mol. The van der Waals surface area contributed by atoms with Gasteiger partial charge in [-0.1, -0.05) is 23.9 Å². The Hall–Kier alpha value is -2.62. The summed E-state index contributed by atoms with van der Waals surface area (Å²) in [7, 11) is 0. The number of ether oxygens (including phenoxy) is 1. The number of aromatic nitrogens is 2. The second-order valence-corrected chi connectivity index (χ2v) is 5.56. The zero-order chi connectivity index (χ0) is 17.5. The molecular formula is C14H15FN4O4S. The maximum absolute atomic E-state index is 13.5. The van der Waals surface area contributed by atoms with Gasteiger partial charge in [-0.2, -0.15) is 0 Å². The van der Waals surface area contributed by atoms with E-state index in [2.05, 4.69) is 15.5 Å². The lowest BCUT2D eigenvalue weighted by Crippen LogP contribution is -2.34. The molecule has 0 bridgehead atoms. The average molecular weight is 354 g/mol. The molecule has 1 heterocycles. The van der Waals surface area contributed by atoms with Crippen molar-refractivity contribution < 1.29 is 23.1 Å². The Morgan fingerprint density at radius 3 is 2.88 bits per heavy atom. The smallest absolute Gasteiger partial charge is 0.277 e. The fourth-order valence-electron chi connectivity index (χ4n) is 1.59. The summed E-state index contributed by atoms with van der Waals surface area (Å²) in [5, 5.41) is 10.1. The van der Waals surface area contributed by atoms with Crippen molar-refractivity contribution in [3.63, 3.8) is 0 Å². The average Bonchev–Trinajstić information content (AvgIpc) is 3.02. The minimum absolute atomic E-state index is 0.0164. The van der Waals surface area contributed by atoms with Crippen LogP contribution in [-0.2, 0) is 9.59 Å². The Morgan fingerprint density at radius 1 is 1.42 bits per heavy atom. The van der Waals surface area contributed by atoms with E-state index in [-0.39, 0.29) is 29.2 Å². The number of nitrogens with zero attached hydrogens (tertiary/aromatic N) is 2. The second-order valence-electron chi connectivity index (χ2n) is 4.63. The van der Waals surface area contributed by atoms with Gasteiger partial charge in [0.05, 0.1) is 12.3 Å². The van der Waals surface area contributed by atoms with Gasteiger partial charge in [0.25, 0.3) is 11.1 Å². The van der Waals surface area contributed by atoms with E-state index < -0.39 is 23.7 Å². The highest BCUT2D eigenvalue weighted by Gasteiger charge is 2.18. The molecule has 0 unspecified atom stereocenters. The summed E-state index contributed by atoms with van der Waals surface area (Å²) in [6.45, 7) is 1.40. The number of carbonyl (C=O) groups is 2. The van der Waals surface area contributed by atoms with Gasteiger partial charge in [-0.25, -0.2) is 4.39 Å². The summed E-state index contributed by atoms with van der Waals surface area (Å²) >= 11 is 0.994. The van der Waals surface area contributed by atoms with E-state index >= 15 is 0 Å². The molecule has 0 saturated heterocycles. The molecule has 2 rings (SSSR count). The van der Waals surface area contributed by atoms with Gasteiger partial charge in [0, 0.05) is 0 Å². The van der Waals surface area contributed by atoms with Crippen molar-refractivity contribution in [2.24, 2.45) is 5.73 Å². The van der Waals surface area contributed by atoms with Crippen LogP contribution in [0.4, 0.5) is 4.39 Å². The summed E-state index contributed by atoms with van der Waals surface area (Å²) in [5.74, 6) is -1.31. The van der Waals surface area contributed by atoms with Gasteiger partial charge < -0.3 is 20.2 Å². The molecule has 0 radical (unpaired) electrons. The van der Waals surface area contributed by atoms with E-state index in [1.807, 2.05) is 0 Å². The van der Waals surface area contributed by atoms with E-state index in [0.29, 0.717) is 0 Å². The van der Waals surface area contributed by atoms with Gasteiger partial charge in [0.2, 0.25) is 11.8 Å². The quantitative estimate of drug-likeness (QED) is 0.680. The molecule has 0 spiro atoms. The molecule has 1 aromatic heterocycles. The van der Waals surface area contributed by atoms with E-state index in [1.54, 1.807) is 19.1 Å². The van der Waals surface area contributed by atoms with E-state index in [1.165, 1.54) is 12.1 Å². The molecule has 1 aromatic carbocycles. The number of primary amides is 1. The molecule has 0 aliphatic heterocycles. The van der Waals surface area contributed by atoms with Crippen LogP contribution in [0.15, 0.2) is 33.9 Å². The Labute approximate surface area is 140 Å². The highest BCUT2D eigenvalue weighted by molar-refractivity contribution is 7.99. The van der Waals surface area contributed by atoms with Crippen LogP contribution in [0.1, 0.15) is 18.9 Å². The largest absolute Gasteiger partial charge is 0.478 e. The third kappa shape index (κ3) is 5.23. The molecule has 128 valence electrons. The van der Waals surface area contributed by atoms with Crippen LogP contribution >= 0.6 is 11.8 Å². The van der Waals surface area contributed by atoms with Gasteiger partial charge >= 0.3 is 0 Å². The van der Waals surface area contributed by atoms with Crippen LogP contribution in [0.2, 0.25) is 0 Å². The molecule has 0 saturated carbocycles. The highest BCUT2D eigenvalue weighted by atomic mass is 32.2. The van der Waals surface area contributed by atoms with Crippen LogP contribution in [-0.4, -0.2) is 34.3 Å². The number of amides is 2. The maximum Gasteiger partial charge on any atom is 0.277 e. The molecular weight excluding hydrogens is 339 g/mol. The number of carbonyl (C=O) groups excluding carboxylic acids is 2. The van der Waals surface area contributed by atoms with E-state index in [9.17, 15) is 14.0 Å². The predicted octanol–water partition coefficient (Wildman–Crippen LogP) is 1.04. The first-order valence-electron chi connectivity index (χ1n) is 6.88. The van der Waals surface area contributed by atoms with Crippen molar-refractivity contribution in [1.82, 2.24) is 15.5 Å². The van der Waals surface area contributed by atoms with Crippen LogP contribution in [0, 0.1) is 5.82 Å². The van der Waals surface area contributed by atoms with Crippen molar-refractivity contribution >= 4 is 23.6 Å². The molecule has 2 aromatic rings. The number of para-hydroxylation sites is 1. The number of nitrogens with two attached hydrogens (primary N) is 1. The number of hydrogen-bond acceptors (Lipinski definition) is 7. The Morgan fingerprint density at radius 2 is 2.17 bits per heavy atom. The molecule has 0 aliphatic carbocycles. The van der Waals surface area contributed by atoms with Crippen LogP contribution in [0.3, 0.4) is 0 Å². The summed E-state index contributed by atoms with van der Waals surface area (Å²) in [6, 6.07) is 5.96. The molecule has 2 amide bonds. The van der Waals surface area contributed by atoms with Crippen molar-refractivity contribution in [3.8, 4) is 5.75 Å². The normalized spacial score (nSPS) is 11.8. The zero-order valence-corrected chi connectivity index (χ0v) is 13.5. The number of nitrogens with one attached hydrogen (secondary N) is 1. The number of hydrogen-bond donors (Lipinski definition) is 2. The lowest BCUT2D eigenvalue weighted by molar-refractivity contribution is -0.123. The second kappa shape index (κ2) is 8.29.